The van der Waals surface area contributed by atoms with E-state index in [4.69, 9.17) is 0 Å². The van der Waals surface area contributed by atoms with Crippen molar-refractivity contribution >= 4 is 22.7 Å². The highest BCUT2D eigenvalue weighted by atomic mass is 32.1. The zero-order chi connectivity index (χ0) is 16.5. The summed E-state index contributed by atoms with van der Waals surface area (Å²) in [4.78, 5) is 6.25. The Labute approximate surface area is 155 Å². The van der Waals surface area contributed by atoms with Gasteiger partial charge in [-0.3, -0.25) is 0 Å². The lowest BCUT2D eigenvalue weighted by molar-refractivity contribution is 0.443. The third-order valence-corrected chi connectivity index (χ3v) is 8.47. The topological polar surface area (TPSA) is 0 Å². The molecule has 0 atom stereocenters. The van der Waals surface area contributed by atoms with Crippen molar-refractivity contribution in [2.45, 2.75) is 89.9 Å². The predicted octanol–water partition coefficient (Wildman–Crippen LogP) is 8.19. The standard InChI is InChI=1S/C22H30S2/c1-15-13-20(18-11-7-4-8-12-18)22(23-15)21-14-19(16(2)24-21)17-9-5-3-6-10-17/h13-14,17-18H,3-12H2,1-2H3. The summed E-state index contributed by atoms with van der Waals surface area (Å²) in [6.45, 7) is 4.65. The Morgan fingerprint density at radius 3 is 1.92 bits per heavy atom. The molecule has 2 heteroatoms. The summed E-state index contributed by atoms with van der Waals surface area (Å²) in [5, 5.41) is 0. The van der Waals surface area contributed by atoms with Gasteiger partial charge in [-0.2, -0.15) is 0 Å². The van der Waals surface area contributed by atoms with E-state index in [2.05, 4.69) is 37.3 Å². The number of hydrogen-bond donors (Lipinski definition) is 0. The molecular weight excluding hydrogens is 328 g/mol. The van der Waals surface area contributed by atoms with E-state index in [9.17, 15) is 0 Å². The molecule has 24 heavy (non-hydrogen) atoms. The van der Waals surface area contributed by atoms with Crippen LogP contribution in [0.15, 0.2) is 12.1 Å². The summed E-state index contributed by atoms with van der Waals surface area (Å²) < 4.78 is 0. The fourth-order valence-corrected chi connectivity index (χ4v) is 7.20. The molecule has 0 spiro atoms. The zero-order valence-corrected chi connectivity index (χ0v) is 16.8. The van der Waals surface area contributed by atoms with E-state index in [1.54, 1.807) is 25.8 Å². The van der Waals surface area contributed by atoms with Gasteiger partial charge in [-0.15, -0.1) is 22.7 Å². The summed E-state index contributed by atoms with van der Waals surface area (Å²) in [6.07, 6.45) is 14.2. The van der Waals surface area contributed by atoms with Crippen LogP contribution in [0.2, 0.25) is 0 Å². The molecule has 0 radical (unpaired) electrons. The Morgan fingerprint density at radius 1 is 0.708 bits per heavy atom. The molecule has 2 aliphatic carbocycles. The summed E-state index contributed by atoms with van der Waals surface area (Å²) in [7, 11) is 0. The summed E-state index contributed by atoms with van der Waals surface area (Å²) in [6, 6.07) is 5.08. The highest BCUT2D eigenvalue weighted by Gasteiger charge is 2.24. The van der Waals surface area contributed by atoms with Gasteiger partial charge in [0.1, 0.15) is 0 Å². The third kappa shape index (κ3) is 3.37. The van der Waals surface area contributed by atoms with Crippen molar-refractivity contribution in [2.24, 2.45) is 0 Å². The van der Waals surface area contributed by atoms with E-state index in [1.807, 2.05) is 11.3 Å². The van der Waals surface area contributed by atoms with E-state index in [0.717, 1.165) is 11.8 Å². The molecule has 0 N–H and O–H groups in total. The summed E-state index contributed by atoms with van der Waals surface area (Å²) in [5.74, 6) is 1.65. The van der Waals surface area contributed by atoms with Crippen molar-refractivity contribution in [3.05, 3.63) is 33.0 Å². The molecule has 2 fully saturated rings. The van der Waals surface area contributed by atoms with Crippen molar-refractivity contribution in [3.63, 3.8) is 0 Å². The second-order valence-corrected chi connectivity index (χ2v) is 10.4. The van der Waals surface area contributed by atoms with Crippen LogP contribution in [-0.2, 0) is 0 Å². The van der Waals surface area contributed by atoms with Gasteiger partial charge in [-0.25, -0.2) is 0 Å². The third-order valence-electron chi connectivity index (χ3n) is 6.15. The first kappa shape index (κ1) is 16.8. The van der Waals surface area contributed by atoms with Gasteiger partial charge in [-0.1, -0.05) is 38.5 Å². The van der Waals surface area contributed by atoms with E-state index in [-0.39, 0.29) is 0 Å². The van der Waals surface area contributed by atoms with Crippen LogP contribution in [0.3, 0.4) is 0 Å². The van der Waals surface area contributed by atoms with Crippen LogP contribution in [0.4, 0.5) is 0 Å². The van der Waals surface area contributed by atoms with Crippen LogP contribution in [0.25, 0.3) is 9.75 Å². The molecule has 0 unspecified atom stereocenters. The van der Waals surface area contributed by atoms with Gasteiger partial charge in [-0.05, 0) is 74.6 Å². The Balaban J connectivity index is 1.66. The fraction of sp³-hybridized carbons (Fsp3) is 0.636. The van der Waals surface area contributed by atoms with E-state index < -0.39 is 0 Å². The molecule has 0 aromatic carbocycles. The first-order valence-electron chi connectivity index (χ1n) is 9.93. The number of thiophene rings is 2. The zero-order valence-electron chi connectivity index (χ0n) is 15.2. The van der Waals surface area contributed by atoms with Crippen LogP contribution in [0, 0.1) is 13.8 Å². The lowest BCUT2D eigenvalue weighted by Crippen LogP contribution is -2.04. The molecule has 0 nitrogen and oxygen atoms in total. The minimum atomic E-state index is 0.819. The molecule has 0 bridgehead atoms. The predicted molar refractivity (Wildman–Crippen MR) is 109 cm³/mol. The summed E-state index contributed by atoms with van der Waals surface area (Å²) >= 11 is 4.10. The molecule has 2 saturated carbocycles. The van der Waals surface area contributed by atoms with Crippen LogP contribution < -0.4 is 0 Å². The van der Waals surface area contributed by atoms with Gasteiger partial charge >= 0.3 is 0 Å². The maximum Gasteiger partial charge on any atom is 0.0480 e. The van der Waals surface area contributed by atoms with Crippen LogP contribution in [-0.4, -0.2) is 0 Å². The Hall–Kier alpha value is -0.600. The van der Waals surface area contributed by atoms with E-state index in [0.29, 0.717) is 0 Å². The summed E-state index contributed by atoms with van der Waals surface area (Å²) in [5.41, 5.74) is 3.35. The Morgan fingerprint density at radius 2 is 1.29 bits per heavy atom. The van der Waals surface area contributed by atoms with Gasteiger partial charge in [0, 0.05) is 19.5 Å². The van der Waals surface area contributed by atoms with Gasteiger partial charge in [0.15, 0.2) is 0 Å². The molecule has 2 aromatic rings. The maximum absolute atomic E-state index is 2.58. The van der Waals surface area contributed by atoms with Gasteiger partial charge in [0.2, 0.25) is 0 Å². The van der Waals surface area contributed by atoms with Gasteiger partial charge in [0.05, 0.1) is 0 Å². The molecule has 2 aliphatic rings. The molecule has 0 aliphatic heterocycles. The molecular formula is C22H30S2. The lowest BCUT2D eigenvalue weighted by atomic mass is 9.83. The average molecular weight is 359 g/mol. The Bertz CT molecular complexity index is 679. The highest BCUT2D eigenvalue weighted by molar-refractivity contribution is 7.22. The van der Waals surface area contributed by atoms with Crippen LogP contribution >= 0.6 is 22.7 Å². The van der Waals surface area contributed by atoms with Crippen LogP contribution in [0.1, 0.15) is 96.9 Å². The van der Waals surface area contributed by atoms with E-state index >= 15 is 0 Å². The number of hydrogen-bond acceptors (Lipinski definition) is 2. The second kappa shape index (κ2) is 7.33. The highest BCUT2D eigenvalue weighted by Crippen LogP contribution is 2.47. The molecule has 2 aromatic heterocycles. The first-order chi connectivity index (χ1) is 11.7. The number of rotatable bonds is 3. The van der Waals surface area contributed by atoms with Crippen molar-refractivity contribution in [3.8, 4) is 9.75 Å². The largest absolute Gasteiger partial charge is 0.139 e. The maximum atomic E-state index is 2.58. The number of aryl methyl sites for hydroxylation is 2. The second-order valence-electron chi connectivity index (χ2n) is 7.93. The molecule has 2 heterocycles. The molecule has 130 valence electrons. The monoisotopic (exact) mass is 358 g/mol. The van der Waals surface area contributed by atoms with Gasteiger partial charge in [0.25, 0.3) is 0 Å². The van der Waals surface area contributed by atoms with Crippen molar-refractivity contribution in [1.29, 1.82) is 0 Å². The normalized spacial score (nSPS) is 20.6. The fourth-order valence-electron chi connectivity index (χ4n) is 4.87. The first-order valence-corrected chi connectivity index (χ1v) is 11.6. The lowest BCUT2D eigenvalue weighted by Gasteiger charge is -2.22. The minimum absolute atomic E-state index is 0.819. The Kier molecular flexibility index (Phi) is 5.15. The molecule has 4 rings (SSSR count). The van der Waals surface area contributed by atoms with Gasteiger partial charge < -0.3 is 0 Å². The van der Waals surface area contributed by atoms with E-state index in [1.165, 1.54) is 69.1 Å². The molecule has 0 saturated heterocycles. The quantitative estimate of drug-likeness (QED) is 0.518. The van der Waals surface area contributed by atoms with Crippen molar-refractivity contribution in [1.82, 2.24) is 0 Å². The molecule has 0 amide bonds. The minimum Gasteiger partial charge on any atom is -0.139 e. The van der Waals surface area contributed by atoms with Crippen molar-refractivity contribution < 1.29 is 0 Å². The van der Waals surface area contributed by atoms with Crippen molar-refractivity contribution in [2.75, 3.05) is 0 Å². The van der Waals surface area contributed by atoms with Crippen LogP contribution in [0.5, 0.6) is 0 Å². The smallest absolute Gasteiger partial charge is 0.0480 e. The average Bonchev–Trinajstić information content (AvgIpc) is 3.19. The SMILES string of the molecule is Cc1cc(C2CCCCC2)c(-c2cc(C3CCCCC3)c(C)s2)s1.